The number of ether oxygens (including phenoxy) is 4. The van der Waals surface area contributed by atoms with Crippen molar-refractivity contribution in [3.05, 3.63) is 107 Å². The Labute approximate surface area is 355 Å². The summed E-state index contributed by atoms with van der Waals surface area (Å²) in [6.07, 6.45) is 4.95. The molecule has 6 aliphatic rings. The SMILES string of the molecule is COc1ccc(CN(C[C@]2(O)CC[C@H]3[C@]45C=C[C@@]6(C=C4C(=O)c4cccc(C(F)(F)F)c4)CC(O)CC[C@]6(C)[C@H]5CC[C@@]32C)C(=O)Cc2ccc(OC)c(OC)c2)c(OC)c1. The Kier molecular flexibility index (Phi) is 10.7. The molecule has 9 nitrogen and oxygen atoms in total. The lowest BCUT2D eigenvalue weighted by molar-refractivity contribution is -0.178. The molecule has 0 aromatic heterocycles. The zero-order chi connectivity index (χ0) is 43.8. The second kappa shape index (κ2) is 15.2. The molecule has 2 N–H and O–H groups in total. The summed E-state index contributed by atoms with van der Waals surface area (Å²) in [6, 6.07) is 15.4. The van der Waals surface area contributed by atoms with Crippen molar-refractivity contribution in [3.63, 3.8) is 0 Å². The average molecular weight is 844 g/mol. The third-order valence-corrected chi connectivity index (χ3v) is 15.9. The lowest BCUT2D eigenvalue weighted by Crippen LogP contribution is -2.67. The largest absolute Gasteiger partial charge is 0.497 e. The van der Waals surface area contributed by atoms with Crippen LogP contribution < -0.4 is 18.9 Å². The Morgan fingerprint density at radius 1 is 0.803 bits per heavy atom. The maximum absolute atomic E-state index is 15.0. The highest BCUT2D eigenvalue weighted by atomic mass is 19.4. The van der Waals surface area contributed by atoms with Crippen LogP contribution in [0.25, 0.3) is 0 Å². The fourth-order valence-electron chi connectivity index (χ4n) is 12.6. The minimum atomic E-state index is -4.63. The van der Waals surface area contributed by atoms with Gasteiger partial charge < -0.3 is 34.1 Å². The lowest BCUT2D eigenvalue weighted by Gasteiger charge is -2.71. The highest BCUT2D eigenvalue weighted by Crippen LogP contribution is 2.78. The molecule has 3 fully saturated rings. The minimum absolute atomic E-state index is 0.00840. The molecular weight excluding hydrogens is 788 g/mol. The molecular formula is C49H56F3NO8. The number of aliphatic hydroxyl groups excluding tert-OH is 1. The Morgan fingerprint density at radius 3 is 2.21 bits per heavy atom. The Morgan fingerprint density at radius 2 is 1.51 bits per heavy atom. The van der Waals surface area contributed by atoms with E-state index in [4.69, 9.17) is 18.9 Å². The lowest BCUT2D eigenvalue weighted by atomic mass is 9.32. The first kappa shape index (κ1) is 42.9. The van der Waals surface area contributed by atoms with Crippen molar-refractivity contribution in [1.29, 1.82) is 0 Å². The topological polar surface area (TPSA) is 115 Å². The number of rotatable bonds is 12. The predicted molar refractivity (Wildman–Crippen MR) is 223 cm³/mol. The van der Waals surface area contributed by atoms with Crippen molar-refractivity contribution in [1.82, 2.24) is 4.90 Å². The molecule has 0 saturated heterocycles. The number of Topliss-reactive ketones (excluding diaryl/α,β-unsaturated/α-hetero) is 1. The summed E-state index contributed by atoms with van der Waals surface area (Å²) in [4.78, 5) is 31.3. The fourth-order valence-corrected chi connectivity index (χ4v) is 12.6. The number of hydrogen-bond donors (Lipinski definition) is 2. The number of methoxy groups -OCH3 is 4. The smallest absolute Gasteiger partial charge is 0.416 e. The van der Waals surface area contributed by atoms with Crippen LogP contribution in [0.2, 0.25) is 0 Å². The number of aliphatic hydroxyl groups is 2. The fraction of sp³-hybridized carbons (Fsp3) is 0.510. The van der Waals surface area contributed by atoms with Crippen LogP contribution in [0.3, 0.4) is 0 Å². The summed E-state index contributed by atoms with van der Waals surface area (Å²) in [5.74, 6) is 1.08. The summed E-state index contributed by atoms with van der Waals surface area (Å²) >= 11 is 0. The number of benzene rings is 3. The van der Waals surface area contributed by atoms with Gasteiger partial charge in [-0.2, -0.15) is 13.2 Å². The summed E-state index contributed by atoms with van der Waals surface area (Å²) in [6.45, 7) is 4.44. The zero-order valence-electron chi connectivity index (χ0n) is 35.7. The molecule has 2 bridgehead atoms. The first-order valence-electron chi connectivity index (χ1n) is 21.2. The number of carbonyl (C=O) groups is 2. The number of nitrogens with zero attached hydrogens (tertiary/aromatic N) is 1. The maximum Gasteiger partial charge on any atom is 0.416 e. The van der Waals surface area contributed by atoms with E-state index in [2.05, 4.69) is 26.0 Å². The molecule has 8 atom stereocenters. The van der Waals surface area contributed by atoms with Crippen LogP contribution in [0, 0.1) is 33.5 Å². The standard InChI is InChI=1S/C49H56F3NO8/c1-44-17-14-34(54)26-46(44)20-21-48(36(27-46)43(56)31-8-7-9-33(24-31)49(50,51)52)40(44)15-18-45(2)41(48)16-19-47(45,57)29-53(28-32-11-12-35(58-3)25-38(32)60-5)42(55)23-30-10-13-37(59-4)39(22-30)61-6/h7-13,20-22,24-25,27,34,40-41,54,57H,14-19,23,26,28-29H2,1-6H3/t34?,40-,41-,44-,45+,46+,47-,48-/m1/s1. The molecule has 0 radical (unpaired) electrons. The number of carbonyl (C=O) groups excluding carboxylic acids is 2. The maximum atomic E-state index is 15.0. The molecule has 3 aromatic carbocycles. The minimum Gasteiger partial charge on any atom is -0.497 e. The number of halogens is 3. The second-order valence-electron chi connectivity index (χ2n) is 18.5. The van der Waals surface area contributed by atoms with Crippen LogP contribution in [0.1, 0.15) is 85.8 Å². The molecule has 61 heavy (non-hydrogen) atoms. The summed E-state index contributed by atoms with van der Waals surface area (Å²) in [5, 5.41) is 24.4. The van der Waals surface area contributed by atoms with E-state index >= 15 is 0 Å². The molecule has 0 heterocycles. The van der Waals surface area contributed by atoms with Crippen LogP contribution in [0.5, 0.6) is 23.0 Å². The van der Waals surface area contributed by atoms with Crippen LogP contribution in [-0.2, 0) is 23.9 Å². The Bertz CT molecular complexity index is 2290. The van der Waals surface area contributed by atoms with Crippen molar-refractivity contribution < 1.29 is 51.9 Å². The van der Waals surface area contributed by atoms with Crippen molar-refractivity contribution in [3.8, 4) is 23.0 Å². The number of fused-ring (bicyclic) bond motifs is 1. The van der Waals surface area contributed by atoms with Crippen LogP contribution in [0.15, 0.2) is 84.5 Å². The van der Waals surface area contributed by atoms with Gasteiger partial charge in [-0.25, -0.2) is 0 Å². The van der Waals surface area contributed by atoms with Crippen LogP contribution >= 0.6 is 0 Å². The average Bonchev–Trinajstić information content (AvgIpc) is 3.52. The van der Waals surface area contributed by atoms with Crippen molar-refractivity contribution in [2.75, 3.05) is 35.0 Å². The highest BCUT2D eigenvalue weighted by molar-refractivity contribution is 6.10. The van der Waals surface area contributed by atoms with E-state index in [9.17, 15) is 33.0 Å². The second-order valence-corrected chi connectivity index (χ2v) is 18.5. The van der Waals surface area contributed by atoms with Gasteiger partial charge in [0.05, 0.1) is 58.7 Å². The zero-order valence-corrected chi connectivity index (χ0v) is 35.7. The molecule has 6 aliphatic carbocycles. The van der Waals surface area contributed by atoms with Gasteiger partial charge in [-0.05, 0) is 104 Å². The summed E-state index contributed by atoms with van der Waals surface area (Å²) in [7, 11) is 6.19. The monoisotopic (exact) mass is 843 g/mol. The van der Waals surface area contributed by atoms with Gasteiger partial charge in [0, 0.05) is 45.6 Å². The molecule has 9 rings (SSSR count). The number of hydrogen-bond acceptors (Lipinski definition) is 8. The van der Waals surface area contributed by atoms with Crippen LogP contribution in [-0.4, -0.2) is 73.5 Å². The van der Waals surface area contributed by atoms with E-state index in [1.165, 1.54) is 19.2 Å². The number of amides is 1. The van der Waals surface area contributed by atoms with E-state index in [0.717, 1.165) is 24.1 Å². The van der Waals surface area contributed by atoms with E-state index in [1.54, 1.807) is 50.5 Å². The predicted octanol–water partition coefficient (Wildman–Crippen LogP) is 8.79. The normalized spacial score (nSPS) is 32.2. The Hall–Kier alpha value is -4.81. The third-order valence-electron chi connectivity index (χ3n) is 15.9. The van der Waals surface area contributed by atoms with E-state index in [0.29, 0.717) is 72.7 Å². The van der Waals surface area contributed by atoms with Gasteiger partial charge in [0.15, 0.2) is 17.3 Å². The number of alkyl halides is 3. The molecule has 0 aliphatic heterocycles. The molecule has 3 aromatic rings. The number of allylic oxidation sites excluding steroid dienone is 4. The highest BCUT2D eigenvalue weighted by Gasteiger charge is 2.74. The van der Waals surface area contributed by atoms with Crippen molar-refractivity contribution in [2.45, 2.75) is 89.6 Å². The first-order valence-corrected chi connectivity index (χ1v) is 21.2. The van der Waals surface area contributed by atoms with Crippen molar-refractivity contribution in [2.24, 2.45) is 33.5 Å². The molecule has 2 spiro atoms. The quantitative estimate of drug-likeness (QED) is 0.138. The van der Waals surface area contributed by atoms with Gasteiger partial charge in [0.25, 0.3) is 0 Å². The van der Waals surface area contributed by atoms with Gasteiger partial charge in [-0.3, -0.25) is 9.59 Å². The van der Waals surface area contributed by atoms with Gasteiger partial charge in [-0.15, -0.1) is 0 Å². The first-order chi connectivity index (χ1) is 28.9. The molecule has 12 heteroatoms. The van der Waals surface area contributed by atoms with E-state index in [-0.39, 0.29) is 48.2 Å². The molecule has 3 saturated carbocycles. The van der Waals surface area contributed by atoms with Gasteiger partial charge in [0.2, 0.25) is 5.91 Å². The van der Waals surface area contributed by atoms with Gasteiger partial charge in [-0.1, -0.05) is 50.3 Å². The molecule has 1 unspecified atom stereocenters. The van der Waals surface area contributed by atoms with E-state index < -0.39 is 45.5 Å². The third kappa shape index (κ3) is 6.65. The van der Waals surface area contributed by atoms with Gasteiger partial charge >= 0.3 is 6.18 Å². The van der Waals surface area contributed by atoms with Crippen LogP contribution in [0.4, 0.5) is 13.2 Å². The number of ketones is 1. The van der Waals surface area contributed by atoms with Crippen molar-refractivity contribution >= 4 is 11.7 Å². The van der Waals surface area contributed by atoms with E-state index in [1.807, 2.05) is 18.2 Å². The summed E-state index contributed by atoms with van der Waals surface area (Å²) in [5.41, 5.74) is -3.20. The molecule has 326 valence electrons. The Balaban J connectivity index is 1.20. The molecule has 1 amide bonds. The van der Waals surface area contributed by atoms with Gasteiger partial charge in [0.1, 0.15) is 11.5 Å². The summed E-state index contributed by atoms with van der Waals surface area (Å²) < 4.78 is 64.3.